The number of hydrogen-bond acceptors (Lipinski definition) is 3. The van der Waals surface area contributed by atoms with Crippen LogP contribution in [0.4, 0.5) is 5.82 Å². The van der Waals surface area contributed by atoms with E-state index in [1.54, 1.807) is 16.9 Å². The number of anilines is 1. The van der Waals surface area contributed by atoms with Gasteiger partial charge >= 0.3 is 0 Å². The van der Waals surface area contributed by atoms with Gasteiger partial charge in [-0.3, -0.25) is 9.40 Å². The molecular formula is C11H11BrClN3O2S. The first kappa shape index (κ1) is 14.4. The minimum Gasteiger partial charge on any atom is -0.265 e. The molecule has 19 heavy (non-hydrogen) atoms. The normalized spacial score (nSPS) is 11.5. The molecule has 0 spiro atoms. The van der Waals surface area contributed by atoms with Crippen molar-refractivity contribution in [3.8, 4) is 0 Å². The number of rotatable bonds is 4. The summed E-state index contributed by atoms with van der Waals surface area (Å²) in [7, 11) is -3.35. The van der Waals surface area contributed by atoms with Gasteiger partial charge in [-0.1, -0.05) is 29.8 Å². The van der Waals surface area contributed by atoms with E-state index < -0.39 is 10.0 Å². The molecule has 1 aromatic carbocycles. The Morgan fingerprint density at radius 1 is 1.42 bits per heavy atom. The van der Waals surface area contributed by atoms with Crippen molar-refractivity contribution in [3.63, 3.8) is 0 Å². The Morgan fingerprint density at radius 3 is 2.74 bits per heavy atom. The predicted molar refractivity (Wildman–Crippen MR) is 78.9 cm³/mol. The van der Waals surface area contributed by atoms with Crippen LogP contribution in [0.3, 0.4) is 0 Å². The van der Waals surface area contributed by atoms with Gasteiger partial charge in [0.25, 0.3) is 0 Å². The van der Waals surface area contributed by atoms with Crippen LogP contribution in [0.2, 0.25) is 5.02 Å². The molecule has 0 saturated heterocycles. The number of sulfonamides is 1. The quantitative estimate of drug-likeness (QED) is 0.907. The molecular weight excluding hydrogens is 354 g/mol. The third-order valence-electron chi connectivity index (χ3n) is 2.29. The van der Waals surface area contributed by atoms with Crippen LogP contribution in [0.1, 0.15) is 5.56 Å². The highest BCUT2D eigenvalue weighted by Gasteiger charge is 2.11. The van der Waals surface area contributed by atoms with E-state index in [-0.39, 0.29) is 5.82 Å². The van der Waals surface area contributed by atoms with Crippen LogP contribution in [0.15, 0.2) is 34.9 Å². The topological polar surface area (TPSA) is 64.0 Å². The van der Waals surface area contributed by atoms with Crippen molar-refractivity contribution in [2.24, 2.45) is 0 Å². The van der Waals surface area contributed by atoms with E-state index >= 15 is 0 Å². The minimum absolute atomic E-state index is 0.259. The summed E-state index contributed by atoms with van der Waals surface area (Å²) < 4.78 is 26.9. The van der Waals surface area contributed by atoms with Crippen molar-refractivity contribution in [1.29, 1.82) is 0 Å². The second-order valence-corrected chi connectivity index (χ2v) is 7.00. The first-order valence-corrected chi connectivity index (χ1v) is 8.35. The van der Waals surface area contributed by atoms with Gasteiger partial charge in [0.1, 0.15) is 0 Å². The van der Waals surface area contributed by atoms with Crippen LogP contribution < -0.4 is 4.72 Å². The third-order valence-corrected chi connectivity index (χ3v) is 3.80. The standard InChI is InChI=1S/C11H11BrClN3O2S/c1-19(17,18)15-11-9(12)7-16(14-11)6-8-4-2-3-5-10(8)13/h2-5,7H,6H2,1H3,(H,14,15). The highest BCUT2D eigenvalue weighted by Crippen LogP contribution is 2.23. The monoisotopic (exact) mass is 363 g/mol. The molecule has 2 aromatic rings. The van der Waals surface area contributed by atoms with Crippen molar-refractivity contribution in [1.82, 2.24) is 9.78 Å². The van der Waals surface area contributed by atoms with Gasteiger partial charge < -0.3 is 0 Å². The number of benzene rings is 1. The molecule has 2 rings (SSSR count). The van der Waals surface area contributed by atoms with Gasteiger partial charge in [0.05, 0.1) is 17.3 Å². The Balaban J connectivity index is 2.24. The Hall–Kier alpha value is -1.05. The van der Waals surface area contributed by atoms with Crippen molar-refractivity contribution in [2.75, 3.05) is 11.0 Å². The summed E-state index contributed by atoms with van der Waals surface area (Å²) in [6, 6.07) is 7.42. The predicted octanol–water partition coefficient (Wildman–Crippen LogP) is 2.72. The van der Waals surface area contributed by atoms with Crippen LogP contribution in [0.25, 0.3) is 0 Å². The Kier molecular flexibility index (Phi) is 4.17. The van der Waals surface area contributed by atoms with Gasteiger partial charge in [-0.15, -0.1) is 0 Å². The van der Waals surface area contributed by atoms with Crippen LogP contribution >= 0.6 is 27.5 Å². The largest absolute Gasteiger partial charge is 0.265 e. The molecule has 0 aliphatic rings. The van der Waals surface area contributed by atoms with Crippen molar-refractivity contribution < 1.29 is 8.42 Å². The van der Waals surface area contributed by atoms with Crippen molar-refractivity contribution in [2.45, 2.75) is 6.54 Å². The van der Waals surface area contributed by atoms with E-state index in [0.29, 0.717) is 16.0 Å². The molecule has 8 heteroatoms. The highest BCUT2D eigenvalue weighted by atomic mass is 79.9. The molecule has 0 bridgehead atoms. The Labute approximate surface area is 124 Å². The van der Waals surface area contributed by atoms with E-state index in [1.807, 2.05) is 18.2 Å². The summed E-state index contributed by atoms with van der Waals surface area (Å²) >= 11 is 9.32. The summed E-state index contributed by atoms with van der Waals surface area (Å²) in [5.74, 6) is 0.259. The lowest BCUT2D eigenvalue weighted by molar-refractivity contribution is 0.606. The zero-order chi connectivity index (χ0) is 14.0. The van der Waals surface area contributed by atoms with E-state index in [9.17, 15) is 8.42 Å². The molecule has 5 nitrogen and oxygen atoms in total. The number of aromatic nitrogens is 2. The van der Waals surface area contributed by atoms with Crippen LogP contribution in [0.5, 0.6) is 0 Å². The summed E-state index contributed by atoms with van der Waals surface area (Å²) in [6.45, 7) is 0.462. The summed E-state index contributed by atoms with van der Waals surface area (Å²) in [5, 5.41) is 4.80. The molecule has 0 amide bonds. The first-order chi connectivity index (χ1) is 8.85. The van der Waals surface area contributed by atoms with E-state index in [4.69, 9.17) is 11.6 Å². The summed E-state index contributed by atoms with van der Waals surface area (Å²) in [5.41, 5.74) is 0.907. The van der Waals surface area contributed by atoms with Crippen LogP contribution in [-0.2, 0) is 16.6 Å². The number of hydrogen-bond donors (Lipinski definition) is 1. The average molecular weight is 365 g/mol. The lowest BCUT2D eigenvalue weighted by Gasteiger charge is -2.04. The number of nitrogens with one attached hydrogen (secondary N) is 1. The maximum atomic E-state index is 11.2. The van der Waals surface area contributed by atoms with Crippen molar-refractivity contribution in [3.05, 3.63) is 45.5 Å². The smallest absolute Gasteiger partial charge is 0.231 e. The fourth-order valence-electron chi connectivity index (χ4n) is 1.52. The average Bonchev–Trinajstić information content (AvgIpc) is 2.60. The van der Waals surface area contributed by atoms with Gasteiger partial charge in [-0.25, -0.2) is 8.42 Å². The fraction of sp³-hybridized carbons (Fsp3) is 0.182. The third kappa shape index (κ3) is 3.95. The van der Waals surface area contributed by atoms with Crippen LogP contribution in [0, 0.1) is 0 Å². The fourth-order valence-corrected chi connectivity index (χ4v) is 2.77. The zero-order valence-electron chi connectivity index (χ0n) is 9.97. The van der Waals surface area contributed by atoms with Gasteiger partial charge in [0.2, 0.25) is 10.0 Å². The molecule has 0 atom stereocenters. The first-order valence-electron chi connectivity index (χ1n) is 5.29. The van der Waals surface area contributed by atoms with Crippen molar-refractivity contribution >= 4 is 43.4 Å². The van der Waals surface area contributed by atoms with Gasteiger partial charge in [-0.05, 0) is 27.6 Å². The molecule has 0 fully saturated rings. The lowest BCUT2D eigenvalue weighted by Crippen LogP contribution is -2.11. The summed E-state index contributed by atoms with van der Waals surface area (Å²) in [4.78, 5) is 0. The minimum atomic E-state index is -3.35. The molecule has 0 aliphatic heterocycles. The van der Waals surface area contributed by atoms with Gasteiger partial charge in [0.15, 0.2) is 5.82 Å². The Bertz CT molecular complexity index is 700. The maximum Gasteiger partial charge on any atom is 0.231 e. The molecule has 1 heterocycles. The Morgan fingerprint density at radius 2 is 2.11 bits per heavy atom. The highest BCUT2D eigenvalue weighted by molar-refractivity contribution is 9.10. The molecule has 0 saturated carbocycles. The van der Waals surface area contributed by atoms with Gasteiger partial charge in [-0.2, -0.15) is 5.10 Å². The molecule has 1 aromatic heterocycles. The number of nitrogens with zero attached hydrogens (tertiary/aromatic N) is 2. The number of halogens is 2. The molecule has 102 valence electrons. The van der Waals surface area contributed by atoms with E-state index in [2.05, 4.69) is 25.8 Å². The lowest BCUT2D eigenvalue weighted by atomic mass is 10.2. The van der Waals surface area contributed by atoms with Crippen LogP contribution in [-0.4, -0.2) is 24.5 Å². The molecule has 0 radical (unpaired) electrons. The van der Waals surface area contributed by atoms with E-state index in [0.717, 1.165) is 11.8 Å². The summed E-state index contributed by atoms with van der Waals surface area (Å²) in [6.07, 6.45) is 2.77. The second kappa shape index (κ2) is 5.52. The zero-order valence-corrected chi connectivity index (χ0v) is 13.1. The molecule has 0 aliphatic carbocycles. The molecule has 0 unspecified atom stereocenters. The SMILES string of the molecule is CS(=O)(=O)Nc1nn(Cc2ccccc2Cl)cc1Br. The maximum absolute atomic E-state index is 11.2. The van der Waals surface area contributed by atoms with E-state index in [1.165, 1.54) is 0 Å². The second-order valence-electron chi connectivity index (χ2n) is 3.99. The molecule has 1 N–H and O–H groups in total. The van der Waals surface area contributed by atoms with Gasteiger partial charge in [0, 0.05) is 11.2 Å².